The number of carbonyl (C=O) groups is 1. The monoisotopic (exact) mass is 280 g/mol. The van der Waals surface area contributed by atoms with E-state index in [0.717, 1.165) is 0 Å². The fraction of sp³-hybridized carbons (Fsp3) is 0.900. The smallest absolute Gasteiger partial charge is 0.317 e. The largest absolute Gasteiger partial charge is 0.480 e. The lowest BCUT2D eigenvalue weighted by atomic mass is 10.2. The molecule has 2 N–H and O–H groups in total. The fourth-order valence-corrected chi connectivity index (χ4v) is 3.86. The molecule has 0 aliphatic carbocycles. The van der Waals surface area contributed by atoms with Gasteiger partial charge in [-0.2, -0.15) is 0 Å². The van der Waals surface area contributed by atoms with Crippen LogP contribution in [0.4, 0.5) is 0 Å². The normalized spacial score (nSPS) is 26.9. The lowest BCUT2D eigenvalue weighted by molar-refractivity contribution is -0.139. The molecule has 7 nitrogen and oxygen atoms in total. The third-order valence-corrected chi connectivity index (χ3v) is 4.63. The van der Waals surface area contributed by atoms with E-state index in [1.165, 1.54) is 4.90 Å². The highest BCUT2D eigenvalue weighted by molar-refractivity contribution is 7.91. The van der Waals surface area contributed by atoms with E-state index in [1.807, 2.05) is 19.0 Å². The average molecular weight is 280 g/mol. The Balaban J connectivity index is 2.73. The molecule has 0 bridgehead atoms. The van der Waals surface area contributed by atoms with Crippen molar-refractivity contribution in [2.24, 2.45) is 0 Å². The van der Waals surface area contributed by atoms with Gasteiger partial charge in [0, 0.05) is 13.1 Å². The molecule has 2 unspecified atom stereocenters. The van der Waals surface area contributed by atoms with E-state index in [4.69, 9.17) is 5.11 Å². The van der Waals surface area contributed by atoms with Gasteiger partial charge in [0.05, 0.1) is 30.2 Å². The lowest BCUT2D eigenvalue weighted by Crippen LogP contribution is -2.48. The number of carboxylic acids is 1. The van der Waals surface area contributed by atoms with Gasteiger partial charge in [-0.15, -0.1) is 0 Å². The van der Waals surface area contributed by atoms with Crippen LogP contribution in [0.1, 0.15) is 0 Å². The molecule has 1 aliphatic rings. The van der Waals surface area contributed by atoms with E-state index < -0.39 is 28.0 Å². The van der Waals surface area contributed by atoms with E-state index in [9.17, 15) is 18.3 Å². The van der Waals surface area contributed by atoms with Crippen LogP contribution in [-0.2, 0) is 14.6 Å². The second-order valence-electron chi connectivity index (χ2n) is 4.88. The third-order valence-electron chi connectivity index (χ3n) is 2.94. The Morgan fingerprint density at radius 3 is 2.28 bits per heavy atom. The molecule has 0 aromatic heterocycles. The van der Waals surface area contributed by atoms with Crippen molar-refractivity contribution in [1.82, 2.24) is 9.80 Å². The molecule has 1 aliphatic heterocycles. The van der Waals surface area contributed by atoms with Gasteiger partial charge in [-0.3, -0.25) is 9.69 Å². The first-order valence-electron chi connectivity index (χ1n) is 5.70. The van der Waals surface area contributed by atoms with E-state index in [0.29, 0.717) is 13.1 Å². The number of nitrogens with zero attached hydrogens (tertiary/aromatic N) is 2. The van der Waals surface area contributed by atoms with Crippen molar-refractivity contribution in [1.29, 1.82) is 0 Å². The molecule has 1 fully saturated rings. The molecule has 0 aromatic carbocycles. The molecular weight excluding hydrogens is 260 g/mol. The van der Waals surface area contributed by atoms with Gasteiger partial charge in [-0.25, -0.2) is 8.42 Å². The van der Waals surface area contributed by atoms with Crippen LogP contribution in [0.3, 0.4) is 0 Å². The van der Waals surface area contributed by atoms with E-state index in [-0.39, 0.29) is 18.1 Å². The fourth-order valence-electron chi connectivity index (χ4n) is 2.02. The summed E-state index contributed by atoms with van der Waals surface area (Å²) in [5.41, 5.74) is 0. The van der Waals surface area contributed by atoms with Crippen LogP contribution in [0, 0.1) is 0 Å². The maximum Gasteiger partial charge on any atom is 0.317 e. The van der Waals surface area contributed by atoms with Crippen molar-refractivity contribution >= 4 is 15.8 Å². The number of hydrogen-bond donors (Lipinski definition) is 2. The van der Waals surface area contributed by atoms with Gasteiger partial charge >= 0.3 is 5.97 Å². The molecule has 0 amide bonds. The lowest BCUT2D eigenvalue weighted by Gasteiger charge is -2.29. The zero-order chi connectivity index (χ0) is 13.9. The maximum absolute atomic E-state index is 11.4. The summed E-state index contributed by atoms with van der Waals surface area (Å²) >= 11 is 0. The molecule has 8 heteroatoms. The van der Waals surface area contributed by atoms with Gasteiger partial charge in [-0.1, -0.05) is 0 Å². The molecule has 0 radical (unpaired) electrons. The highest BCUT2D eigenvalue weighted by atomic mass is 32.2. The first-order valence-corrected chi connectivity index (χ1v) is 7.52. The number of aliphatic hydroxyl groups is 1. The van der Waals surface area contributed by atoms with Crippen LogP contribution in [0.25, 0.3) is 0 Å². The quantitative estimate of drug-likeness (QED) is 0.586. The number of aliphatic carboxylic acids is 1. The standard InChI is InChI=1S/C10H20N2O5S/c1-11(2)3-4-12(5-10(14)15)8-6-18(16,17)7-9(8)13/h8-9,13H,3-7H2,1-2H3,(H,14,15). The van der Waals surface area contributed by atoms with Crippen LogP contribution in [-0.4, -0.2) is 91.8 Å². The number of aliphatic hydroxyl groups excluding tert-OH is 1. The number of hydrogen-bond acceptors (Lipinski definition) is 6. The maximum atomic E-state index is 11.4. The number of likely N-dealkylation sites (N-methyl/N-ethyl adjacent to an activating group) is 1. The van der Waals surface area contributed by atoms with Gasteiger partial charge in [0.2, 0.25) is 0 Å². The predicted octanol–water partition coefficient (Wildman–Crippen LogP) is -1.91. The molecule has 1 heterocycles. The molecule has 2 atom stereocenters. The molecule has 106 valence electrons. The summed E-state index contributed by atoms with van der Waals surface area (Å²) in [4.78, 5) is 14.2. The summed E-state index contributed by atoms with van der Waals surface area (Å²) in [6.45, 7) is 0.762. The van der Waals surface area contributed by atoms with Crippen molar-refractivity contribution in [3.8, 4) is 0 Å². The van der Waals surface area contributed by atoms with Crippen molar-refractivity contribution in [2.75, 3.05) is 45.2 Å². The topological polar surface area (TPSA) is 98.2 Å². The van der Waals surface area contributed by atoms with Gasteiger partial charge in [0.25, 0.3) is 0 Å². The summed E-state index contributed by atoms with van der Waals surface area (Å²) in [6.07, 6.45) is -1.00. The van der Waals surface area contributed by atoms with Crippen LogP contribution in [0.2, 0.25) is 0 Å². The second-order valence-corrected chi connectivity index (χ2v) is 7.03. The van der Waals surface area contributed by atoms with Gasteiger partial charge < -0.3 is 15.1 Å². The first kappa shape index (κ1) is 15.4. The number of carboxylic acid groups (broad SMARTS) is 1. The van der Waals surface area contributed by atoms with Crippen molar-refractivity contribution in [2.45, 2.75) is 12.1 Å². The van der Waals surface area contributed by atoms with E-state index in [1.54, 1.807) is 0 Å². The van der Waals surface area contributed by atoms with Crippen LogP contribution >= 0.6 is 0 Å². The van der Waals surface area contributed by atoms with Gasteiger partial charge in [0.15, 0.2) is 9.84 Å². The summed E-state index contributed by atoms with van der Waals surface area (Å²) in [6, 6.07) is -0.619. The Morgan fingerprint density at radius 1 is 1.28 bits per heavy atom. The SMILES string of the molecule is CN(C)CCN(CC(=O)O)C1CS(=O)(=O)CC1O. The summed E-state index contributed by atoms with van der Waals surface area (Å²) in [5.74, 6) is -1.48. The number of sulfone groups is 1. The minimum Gasteiger partial charge on any atom is -0.480 e. The zero-order valence-corrected chi connectivity index (χ0v) is 11.4. The Hall–Kier alpha value is -0.700. The molecule has 0 aromatic rings. The van der Waals surface area contributed by atoms with Crippen LogP contribution in [0.5, 0.6) is 0 Å². The molecule has 1 rings (SSSR count). The molecule has 1 saturated heterocycles. The molecule has 18 heavy (non-hydrogen) atoms. The summed E-state index contributed by atoms with van der Waals surface area (Å²) < 4.78 is 22.9. The van der Waals surface area contributed by atoms with Gasteiger partial charge in [0.1, 0.15) is 0 Å². The second kappa shape index (κ2) is 5.96. The van der Waals surface area contributed by atoms with Crippen LogP contribution < -0.4 is 0 Å². The summed E-state index contributed by atoms with van der Waals surface area (Å²) in [5, 5.41) is 18.6. The minimum atomic E-state index is -3.26. The van der Waals surface area contributed by atoms with E-state index >= 15 is 0 Å². The first-order chi connectivity index (χ1) is 8.21. The van der Waals surface area contributed by atoms with Crippen LogP contribution in [0.15, 0.2) is 0 Å². The van der Waals surface area contributed by atoms with Crippen molar-refractivity contribution < 1.29 is 23.4 Å². The molecule has 0 spiro atoms. The Kier molecular flexibility index (Phi) is 5.09. The molecular formula is C10H20N2O5S. The van der Waals surface area contributed by atoms with E-state index in [2.05, 4.69) is 0 Å². The third kappa shape index (κ3) is 4.52. The Bertz CT molecular complexity index is 395. The predicted molar refractivity (Wildman–Crippen MR) is 66.2 cm³/mol. The highest BCUT2D eigenvalue weighted by Crippen LogP contribution is 2.18. The number of rotatable bonds is 6. The average Bonchev–Trinajstić information content (AvgIpc) is 2.46. The van der Waals surface area contributed by atoms with Crippen molar-refractivity contribution in [3.05, 3.63) is 0 Å². The molecule has 0 saturated carbocycles. The Morgan fingerprint density at radius 2 is 1.89 bits per heavy atom. The highest BCUT2D eigenvalue weighted by Gasteiger charge is 2.40. The van der Waals surface area contributed by atoms with Crippen molar-refractivity contribution in [3.63, 3.8) is 0 Å². The zero-order valence-electron chi connectivity index (χ0n) is 10.6. The minimum absolute atomic E-state index is 0.172. The van der Waals surface area contributed by atoms with Gasteiger partial charge in [-0.05, 0) is 14.1 Å². The summed E-state index contributed by atoms with van der Waals surface area (Å²) in [7, 11) is 0.434. The Labute approximate surface area is 107 Å².